The highest BCUT2D eigenvalue weighted by Gasteiger charge is 2.25. The number of amides is 2. The van der Waals surface area contributed by atoms with Gasteiger partial charge in [-0.3, -0.25) is 9.59 Å². The molecule has 156 valence electrons. The van der Waals surface area contributed by atoms with Crippen molar-refractivity contribution in [2.45, 2.75) is 39.3 Å². The summed E-state index contributed by atoms with van der Waals surface area (Å²) in [5.41, 5.74) is 2.13. The van der Waals surface area contributed by atoms with E-state index in [0.29, 0.717) is 26.0 Å². The van der Waals surface area contributed by atoms with Crippen LogP contribution in [-0.4, -0.2) is 43.5 Å². The number of rotatable bonds is 10. The van der Waals surface area contributed by atoms with Crippen LogP contribution in [0.3, 0.4) is 0 Å². The third-order valence-corrected chi connectivity index (χ3v) is 4.88. The van der Waals surface area contributed by atoms with Gasteiger partial charge in [0.25, 0.3) is 0 Å². The summed E-state index contributed by atoms with van der Waals surface area (Å²) in [6.07, 6.45) is 0.874. The van der Waals surface area contributed by atoms with Gasteiger partial charge in [0, 0.05) is 20.0 Å². The molecule has 0 aliphatic rings. The number of aryl methyl sites for hydroxylation is 1. The topological polar surface area (TPSA) is 67.9 Å². The largest absolute Gasteiger partial charge is 0.497 e. The van der Waals surface area contributed by atoms with Crippen LogP contribution >= 0.6 is 0 Å². The summed E-state index contributed by atoms with van der Waals surface area (Å²) in [5, 5.41) is 2.63. The molecule has 1 atom stereocenters. The molecule has 2 amide bonds. The molecule has 0 unspecified atom stereocenters. The van der Waals surface area contributed by atoms with Crippen LogP contribution in [0.15, 0.2) is 48.5 Å². The lowest BCUT2D eigenvalue weighted by Crippen LogP contribution is -2.46. The van der Waals surface area contributed by atoms with Crippen LogP contribution in [0.1, 0.15) is 30.9 Å². The molecule has 2 rings (SSSR count). The third kappa shape index (κ3) is 6.52. The molecule has 0 saturated carbocycles. The van der Waals surface area contributed by atoms with Gasteiger partial charge in [-0.1, -0.05) is 24.3 Å². The van der Waals surface area contributed by atoms with E-state index in [2.05, 4.69) is 5.32 Å². The lowest BCUT2D eigenvalue weighted by molar-refractivity contribution is -0.140. The zero-order valence-electron chi connectivity index (χ0n) is 17.6. The Balaban J connectivity index is 1.95. The zero-order chi connectivity index (χ0) is 21.2. The maximum atomic E-state index is 12.9. The van der Waals surface area contributed by atoms with Gasteiger partial charge in [-0.25, -0.2) is 0 Å². The Morgan fingerprint density at radius 2 is 1.72 bits per heavy atom. The fourth-order valence-electron chi connectivity index (χ4n) is 2.99. The van der Waals surface area contributed by atoms with Crippen LogP contribution in [0.5, 0.6) is 11.5 Å². The van der Waals surface area contributed by atoms with Crippen LogP contribution in [0.25, 0.3) is 0 Å². The average molecular weight is 399 g/mol. The maximum absolute atomic E-state index is 12.9. The number of benzene rings is 2. The van der Waals surface area contributed by atoms with Crippen molar-refractivity contribution in [3.05, 3.63) is 59.7 Å². The molecule has 2 aromatic rings. The Morgan fingerprint density at radius 3 is 2.34 bits per heavy atom. The number of likely N-dealkylation sites (N-methyl/N-ethyl adjacent to an activating group) is 1. The van der Waals surface area contributed by atoms with Crippen molar-refractivity contribution >= 4 is 11.8 Å². The molecule has 0 aliphatic heterocycles. The Morgan fingerprint density at radius 1 is 1.07 bits per heavy atom. The molecule has 6 heteroatoms. The fourth-order valence-corrected chi connectivity index (χ4v) is 2.99. The highest BCUT2D eigenvalue weighted by atomic mass is 16.5. The molecule has 0 aliphatic carbocycles. The highest BCUT2D eigenvalue weighted by molar-refractivity contribution is 5.87. The smallest absolute Gasteiger partial charge is 0.242 e. The molecular weight excluding hydrogens is 368 g/mol. The summed E-state index contributed by atoms with van der Waals surface area (Å²) < 4.78 is 10.8. The van der Waals surface area contributed by atoms with Crippen LogP contribution in [0.2, 0.25) is 0 Å². The van der Waals surface area contributed by atoms with Crippen molar-refractivity contribution in [3.63, 3.8) is 0 Å². The van der Waals surface area contributed by atoms with Crippen molar-refractivity contribution in [3.8, 4) is 11.5 Å². The van der Waals surface area contributed by atoms with E-state index in [4.69, 9.17) is 9.47 Å². The molecule has 0 saturated heterocycles. The van der Waals surface area contributed by atoms with Gasteiger partial charge >= 0.3 is 0 Å². The summed E-state index contributed by atoms with van der Waals surface area (Å²) in [5.74, 6) is 1.25. The van der Waals surface area contributed by atoms with Crippen molar-refractivity contribution in [1.82, 2.24) is 10.2 Å². The van der Waals surface area contributed by atoms with Crippen molar-refractivity contribution in [2.24, 2.45) is 0 Å². The molecule has 0 spiro atoms. The van der Waals surface area contributed by atoms with E-state index in [1.165, 1.54) is 0 Å². The van der Waals surface area contributed by atoms with Gasteiger partial charge < -0.3 is 19.7 Å². The molecule has 2 aromatic carbocycles. The number of ether oxygens (including phenoxy) is 2. The van der Waals surface area contributed by atoms with Crippen LogP contribution in [0.4, 0.5) is 0 Å². The first-order valence-corrected chi connectivity index (χ1v) is 9.78. The van der Waals surface area contributed by atoms with Crippen molar-refractivity contribution in [1.29, 1.82) is 0 Å². The maximum Gasteiger partial charge on any atom is 0.242 e. The average Bonchev–Trinajstić information content (AvgIpc) is 2.75. The molecule has 1 N–H and O–H groups in total. The summed E-state index contributed by atoms with van der Waals surface area (Å²) in [7, 11) is 3.20. The molecule has 6 nitrogen and oxygen atoms in total. The van der Waals surface area contributed by atoms with E-state index in [1.807, 2.05) is 55.5 Å². The molecule has 0 bridgehead atoms. The normalized spacial score (nSPS) is 11.4. The third-order valence-electron chi connectivity index (χ3n) is 4.88. The molecule has 0 heterocycles. The monoisotopic (exact) mass is 398 g/mol. The Labute approximate surface area is 172 Å². The van der Waals surface area contributed by atoms with E-state index < -0.39 is 6.04 Å². The van der Waals surface area contributed by atoms with Crippen molar-refractivity contribution in [2.75, 3.05) is 20.8 Å². The van der Waals surface area contributed by atoms with Gasteiger partial charge in [0.15, 0.2) is 0 Å². The Bertz CT molecular complexity index is 805. The minimum Gasteiger partial charge on any atom is -0.497 e. The van der Waals surface area contributed by atoms with E-state index in [1.54, 1.807) is 26.0 Å². The molecular formula is C23H30N2O4. The first-order chi connectivity index (χ1) is 14.0. The second-order valence-electron chi connectivity index (χ2n) is 6.87. The lowest BCUT2D eigenvalue weighted by Gasteiger charge is -2.29. The first-order valence-electron chi connectivity index (χ1n) is 9.78. The summed E-state index contributed by atoms with van der Waals surface area (Å²) in [4.78, 5) is 26.7. The minimum absolute atomic E-state index is 0.0670. The number of methoxy groups -OCH3 is 1. The molecule has 0 radical (unpaired) electrons. The lowest BCUT2D eigenvalue weighted by atomic mass is 10.1. The van der Waals surface area contributed by atoms with Gasteiger partial charge in [0.2, 0.25) is 11.8 Å². The van der Waals surface area contributed by atoms with Gasteiger partial charge in [-0.2, -0.15) is 0 Å². The fraction of sp³-hybridized carbons (Fsp3) is 0.391. The van der Waals surface area contributed by atoms with E-state index >= 15 is 0 Å². The second kappa shape index (κ2) is 11.1. The van der Waals surface area contributed by atoms with Gasteiger partial charge in [-0.05, 0) is 55.7 Å². The second-order valence-corrected chi connectivity index (χ2v) is 6.87. The summed E-state index contributed by atoms with van der Waals surface area (Å²) in [6, 6.07) is 14.7. The molecule has 0 aromatic heterocycles. The van der Waals surface area contributed by atoms with Crippen LogP contribution < -0.4 is 14.8 Å². The number of nitrogens with one attached hydrogen (secondary N) is 1. The van der Waals surface area contributed by atoms with Gasteiger partial charge in [0.1, 0.15) is 17.5 Å². The number of carbonyl (C=O) groups is 2. The first kappa shape index (κ1) is 22.3. The van der Waals surface area contributed by atoms with Gasteiger partial charge in [-0.15, -0.1) is 0 Å². The minimum atomic E-state index is -0.547. The SMILES string of the molecule is CNC(=O)[C@@H](C)N(Cc1ccccc1C)C(=O)CCCOc1ccc(OC)cc1. The predicted molar refractivity (Wildman–Crippen MR) is 113 cm³/mol. The Hall–Kier alpha value is -3.02. The van der Waals surface area contributed by atoms with E-state index in [-0.39, 0.29) is 11.8 Å². The number of hydrogen-bond donors (Lipinski definition) is 1. The van der Waals surface area contributed by atoms with Crippen LogP contribution in [-0.2, 0) is 16.1 Å². The number of nitrogens with zero attached hydrogens (tertiary/aromatic N) is 1. The number of carbonyl (C=O) groups excluding carboxylic acids is 2. The highest BCUT2D eigenvalue weighted by Crippen LogP contribution is 2.18. The number of hydrogen-bond acceptors (Lipinski definition) is 4. The molecule has 0 fully saturated rings. The summed E-state index contributed by atoms with van der Waals surface area (Å²) in [6.45, 7) is 4.58. The van der Waals surface area contributed by atoms with E-state index in [0.717, 1.165) is 22.6 Å². The predicted octanol–water partition coefficient (Wildman–Crippen LogP) is 3.33. The zero-order valence-corrected chi connectivity index (χ0v) is 17.6. The van der Waals surface area contributed by atoms with Crippen LogP contribution in [0, 0.1) is 6.92 Å². The Kier molecular flexibility index (Phi) is 8.52. The summed E-state index contributed by atoms with van der Waals surface area (Å²) >= 11 is 0. The standard InChI is InChI=1S/C23H30N2O4/c1-17-8-5-6-9-19(17)16-25(18(2)23(27)24-3)22(26)10-7-15-29-21-13-11-20(28-4)12-14-21/h5-6,8-9,11-14,18H,7,10,15-16H2,1-4H3,(H,24,27)/t18-/m1/s1. The molecule has 29 heavy (non-hydrogen) atoms. The van der Waals surface area contributed by atoms with Crippen molar-refractivity contribution < 1.29 is 19.1 Å². The van der Waals surface area contributed by atoms with E-state index in [9.17, 15) is 9.59 Å². The quantitative estimate of drug-likeness (QED) is 0.624. The van der Waals surface area contributed by atoms with Gasteiger partial charge in [0.05, 0.1) is 13.7 Å².